The first kappa shape index (κ1) is 22.1. The Bertz CT molecular complexity index is 998. The molecule has 0 saturated carbocycles. The predicted octanol–water partition coefficient (Wildman–Crippen LogP) is 3.34. The molecule has 3 atom stereocenters. The number of nitrogens with zero attached hydrogens (tertiary/aromatic N) is 4. The lowest BCUT2D eigenvalue weighted by Gasteiger charge is -2.42. The van der Waals surface area contributed by atoms with Gasteiger partial charge in [0.2, 0.25) is 0 Å². The number of nitrogens with one attached hydrogen (secondary N) is 1. The van der Waals surface area contributed by atoms with Crippen molar-refractivity contribution in [3.63, 3.8) is 0 Å². The molecule has 1 aliphatic heterocycles. The second kappa shape index (κ2) is 9.04. The Balaban J connectivity index is 1.95. The van der Waals surface area contributed by atoms with E-state index in [0.29, 0.717) is 18.5 Å². The number of piperidine rings is 1. The Morgan fingerprint density at radius 2 is 2.06 bits per heavy atom. The Morgan fingerprint density at radius 3 is 2.61 bits per heavy atom. The molecule has 1 aromatic carbocycles. The fraction of sp³-hybridized carbons (Fsp3) is 0.429. The van der Waals surface area contributed by atoms with E-state index in [0.717, 1.165) is 0 Å². The van der Waals surface area contributed by atoms with Crippen LogP contribution in [0.3, 0.4) is 0 Å². The largest absolute Gasteiger partial charge is 0.465 e. The first-order valence-corrected chi connectivity index (χ1v) is 10.0. The molecule has 0 aliphatic carbocycles. The lowest BCUT2D eigenvalue weighted by Crippen LogP contribution is -2.51. The van der Waals surface area contributed by atoms with Gasteiger partial charge in [-0.3, -0.25) is 9.48 Å². The quantitative estimate of drug-likeness (QED) is 0.645. The lowest BCUT2D eigenvalue weighted by molar-refractivity contribution is 0.0578. The Hall–Kier alpha value is -3.61. The molecular weight excluding hydrogens is 403 g/mol. The summed E-state index contributed by atoms with van der Waals surface area (Å²) in [5.74, 6) is -1.37. The Kier molecular flexibility index (Phi) is 6.44. The number of rotatable bonds is 6. The van der Waals surface area contributed by atoms with E-state index in [9.17, 15) is 24.3 Å². The van der Waals surface area contributed by atoms with E-state index in [-0.39, 0.29) is 23.8 Å². The Labute approximate surface area is 179 Å². The molecule has 0 radical (unpaired) electrons. The predicted molar refractivity (Wildman–Crippen MR) is 111 cm³/mol. The average Bonchev–Trinajstić information content (AvgIpc) is 3.12. The van der Waals surface area contributed by atoms with Gasteiger partial charge in [0, 0.05) is 18.4 Å². The van der Waals surface area contributed by atoms with Crippen LogP contribution in [0.25, 0.3) is 0 Å². The van der Waals surface area contributed by atoms with Gasteiger partial charge in [0.1, 0.15) is 11.4 Å². The number of carbonyl (C=O) groups is 2. The molecule has 2 amide bonds. The number of hydrogen-bond donors (Lipinski definition) is 3. The van der Waals surface area contributed by atoms with Crippen molar-refractivity contribution in [3.8, 4) is 6.07 Å². The summed E-state index contributed by atoms with van der Waals surface area (Å²) in [5, 5.41) is 26.9. The maximum Gasteiger partial charge on any atom is 0.407 e. The maximum absolute atomic E-state index is 13.2. The number of nitriles is 1. The number of anilines is 2. The summed E-state index contributed by atoms with van der Waals surface area (Å²) in [6.07, 6.45) is 1.33. The van der Waals surface area contributed by atoms with Crippen molar-refractivity contribution in [3.05, 3.63) is 41.8 Å². The topological polar surface area (TPSA) is 137 Å². The fourth-order valence-corrected chi connectivity index (χ4v) is 4.03. The molecule has 3 rings (SSSR count). The van der Waals surface area contributed by atoms with Crippen molar-refractivity contribution in [2.24, 2.45) is 17.6 Å². The van der Waals surface area contributed by atoms with Crippen LogP contribution in [0, 0.1) is 29.0 Å². The maximum atomic E-state index is 13.2. The van der Waals surface area contributed by atoms with Gasteiger partial charge >= 0.3 is 6.09 Å². The number of primary amides is 1. The van der Waals surface area contributed by atoms with Crippen molar-refractivity contribution in [1.82, 2.24) is 14.7 Å². The molecule has 1 aliphatic rings. The molecule has 9 nitrogen and oxygen atoms in total. The molecule has 0 bridgehead atoms. The zero-order valence-corrected chi connectivity index (χ0v) is 17.3. The van der Waals surface area contributed by atoms with Crippen LogP contribution >= 0.6 is 0 Å². The van der Waals surface area contributed by atoms with Crippen LogP contribution in [0.2, 0.25) is 0 Å². The van der Waals surface area contributed by atoms with E-state index in [2.05, 4.69) is 16.5 Å². The molecule has 4 N–H and O–H groups in total. The molecule has 2 heterocycles. The van der Waals surface area contributed by atoms with Crippen molar-refractivity contribution in [1.29, 1.82) is 5.26 Å². The molecule has 1 aromatic heterocycles. The molecule has 10 heteroatoms. The average molecular weight is 428 g/mol. The minimum atomic E-state index is -1.05. The number of aromatic nitrogens is 2. The number of hydrogen-bond acceptors (Lipinski definition) is 5. The summed E-state index contributed by atoms with van der Waals surface area (Å²) >= 11 is 0. The third-order valence-electron chi connectivity index (χ3n) is 5.45. The smallest absolute Gasteiger partial charge is 0.407 e. The summed E-state index contributed by atoms with van der Waals surface area (Å²) in [6.45, 7) is 4.20. The summed E-state index contributed by atoms with van der Waals surface area (Å²) in [7, 11) is 0. The van der Waals surface area contributed by atoms with Crippen LogP contribution in [-0.2, 0) is 0 Å². The third-order valence-corrected chi connectivity index (χ3v) is 5.45. The van der Waals surface area contributed by atoms with Crippen molar-refractivity contribution in [2.45, 2.75) is 38.8 Å². The van der Waals surface area contributed by atoms with E-state index in [4.69, 9.17) is 5.73 Å². The van der Waals surface area contributed by atoms with Crippen LogP contribution in [-0.4, -0.2) is 44.4 Å². The molecule has 1 unspecified atom stereocenters. The number of carbonyl (C=O) groups excluding carboxylic acids is 1. The minimum absolute atomic E-state index is 0.127. The minimum Gasteiger partial charge on any atom is -0.465 e. The normalized spacial score (nSPS) is 21.0. The first-order chi connectivity index (χ1) is 14.7. The standard InChI is InChI=1S/C21H25FN6O3/c1-12(2)9-18-15(10-23)17(7-8-27(18)21(30)31)28-11-16(19(24)29)20(26-28)25-14-5-3-13(22)4-6-14/h3-6,11-12,15,17-18H,7-9H2,1-2H3,(H2,24,29)(H,25,26)(H,30,31)/t15-,17-,18?/m0/s1. The van der Waals surface area contributed by atoms with Gasteiger partial charge in [-0.1, -0.05) is 13.8 Å². The van der Waals surface area contributed by atoms with E-state index >= 15 is 0 Å². The zero-order chi connectivity index (χ0) is 22.7. The lowest BCUT2D eigenvalue weighted by atomic mass is 9.82. The number of nitrogens with two attached hydrogens (primary N) is 1. The summed E-state index contributed by atoms with van der Waals surface area (Å²) in [4.78, 5) is 25.0. The van der Waals surface area contributed by atoms with Gasteiger partial charge in [-0.05, 0) is 43.0 Å². The van der Waals surface area contributed by atoms with Crippen molar-refractivity contribution < 1.29 is 19.1 Å². The van der Waals surface area contributed by atoms with Crippen molar-refractivity contribution in [2.75, 3.05) is 11.9 Å². The number of likely N-dealkylation sites (tertiary alicyclic amines) is 1. The zero-order valence-electron chi connectivity index (χ0n) is 17.3. The van der Waals surface area contributed by atoms with Gasteiger partial charge in [0.05, 0.1) is 24.1 Å². The highest BCUT2D eigenvalue weighted by Crippen LogP contribution is 2.36. The van der Waals surface area contributed by atoms with E-state index in [1.807, 2.05) is 13.8 Å². The SMILES string of the molecule is CC(C)CC1[C@@H](C#N)[C@@H](n2cc(C(N)=O)c(Nc3ccc(F)cc3)n2)CCN1C(=O)O. The van der Waals surface area contributed by atoms with Crippen LogP contribution in [0.4, 0.5) is 20.7 Å². The number of benzene rings is 1. The van der Waals surface area contributed by atoms with Gasteiger partial charge in [-0.15, -0.1) is 0 Å². The van der Waals surface area contributed by atoms with Gasteiger partial charge in [-0.25, -0.2) is 9.18 Å². The summed E-state index contributed by atoms with van der Waals surface area (Å²) in [6, 6.07) is 6.89. The van der Waals surface area contributed by atoms with Gasteiger partial charge in [-0.2, -0.15) is 10.4 Å². The molecule has 1 fully saturated rings. The molecule has 31 heavy (non-hydrogen) atoms. The highest BCUT2D eigenvalue weighted by Gasteiger charge is 2.42. The van der Waals surface area contributed by atoms with E-state index < -0.39 is 35.8 Å². The van der Waals surface area contributed by atoms with E-state index in [1.54, 1.807) is 0 Å². The number of carboxylic acid groups (broad SMARTS) is 1. The summed E-state index contributed by atoms with van der Waals surface area (Å²) < 4.78 is 14.7. The van der Waals surface area contributed by atoms with Crippen LogP contribution in [0.1, 0.15) is 43.1 Å². The molecular formula is C21H25FN6O3. The van der Waals surface area contributed by atoms with Crippen LogP contribution in [0.5, 0.6) is 0 Å². The van der Waals surface area contributed by atoms with E-state index in [1.165, 1.54) is 40.0 Å². The molecule has 1 saturated heterocycles. The number of amides is 2. The first-order valence-electron chi connectivity index (χ1n) is 10.0. The molecule has 0 spiro atoms. The van der Waals surface area contributed by atoms with Crippen LogP contribution in [0.15, 0.2) is 30.5 Å². The van der Waals surface area contributed by atoms with Gasteiger partial charge < -0.3 is 21.1 Å². The second-order valence-electron chi connectivity index (χ2n) is 8.05. The second-order valence-corrected chi connectivity index (χ2v) is 8.05. The van der Waals surface area contributed by atoms with Crippen LogP contribution < -0.4 is 11.1 Å². The van der Waals surface area contributed by atoms with Gasteiger partial charge in [0.25, 0.3) is 5.91 Å². The van der Waals surface area contributed by atoms with Gasteiger partial charge in [0.15, 0.2) is 5.82 Å². The molecule has 2 aromatic rings. The molecule has 164 valence electrons. The number of halogens is 1. The third kappa shape index (κ3) is 4.77. The van der Waals surface area contributed by atoms with Crippen molar-refractivity contribution >= 4 is 23.5 Å². The Morgan fingerprint density at radius 1 is 1.39 bits per heavy atom. The monoisotopic (exact) mass is 428 g/mol. The highest BCUT2D eigenvalue weighted by molar-refractivity contribution is 5.98. The highest BCUT2D eigenvalue weighted by atomic mass is 19.1. The fourth-order valence-electron chi connectivity index (χ4n) is 4.03. The summed E-state index contributed by atoms with van der Waals surface area (Å²) in [5.41, 5.74) is 6.16.